The van der Waals surface area contributed by atoms with E-state index in [2.05, 4.69) is 90.9 Å². The molecule has 1 unspecified atom stereocenters. The first-order valence-electron chi connectivity index (χ1n) is 11.2. The molecule has 158 valence electrons. The second-order valence-corrected chi connectivity index (χ2v) is 9.06. The van der Waals surface area contributed by atoms with Crippen LogP contribution in [0, 0.1) is 18.8 Å². The van der Waals surface area contributed by atoms with Gasteiger partial charge in [0.15, 0.2) is 0 Å². The zero-order valence-electron chi connectivity index (χ0n) is 19.4. The Morgan fingerprint density at radius 1 is 0.897 bits per heavy atom. The van der Waals surface area contributed by atoms with Crippen molar-refractivity contribution in [3.63, 3.8) is 0 Å². The minimum Gasteiger partial charge on any atom is -0.489 e. The highest BCUT2D eigenvalue weighted by molar-refractivity contribution is 5.90. The first-order valence-corrected chi connectivity index (χ1v) is 11.2. The summed E-state index contributed by atoms with van der Waals surface area (Å²) in [6, 6.07) is 15.2. The summed E-state index contributed by atoms with van der Waals surface area (Å²) in [5, 5.41) is 0. The Balaban J connectivity index is 2.37. The second kappa shape index (κ2) is 11.2. The van der Waals surface area contributed by atoms with E-state index in [9.17, 15) is 0 Å². The van der Waals surface area contributed by atoms with E-state index in [1.54, 1.807) is 0 Å². The molecule has 0 aliphatic heterocycles. The van der Waals surface area contributed by atoms with Gasteiger partial charge in [-0.05, 0) is 50.2 Å². The number of benzene rings is 2. The summed E-state index contributed by atoms with van der Waals surface area (Å²) in [6.45, 7) is 15.5. The Morgan fingerprint density at radius 2 is 1.59 bits per heavy atom. The summed E-state index contributed by atoms with van der Waals surface area (Å²) >= 11 is 0. The van der Waals surface area contributed by atoms with Crippen molar-refractivity contribution >= 4 is 6.21 Å². The predicted molar refractivity (Wildman–Crippen MR) is 127 cm³/mol. The first kappa shape index (κ1) is 23.2. The van der Waals surface area contributed by atoms with Crippen LogP contribution in [0.15, 0.2) is 47.5 Å². The molecule has 0 fully saturated rings. The molecule has 0 saturated heterocycles. The van der Waals surface area contributed by atoms with Crippen molar-refractivity contribution in [1.82, 2.24) is 0 Å². The van der Waals surface area contributed by atoms with Crippen molar-refractivity contribution in [2.24, 2.45) is 16.8 Å². The first-order chi connectivity index (χ1) is 13.8. The third kappa shape index (κ3) is 7.03. The van der Waals surface area contributed by atoms with Crippen LogP contribution >= 0.6 is 0 Å². The normalized spacial score (nSPS) is 14.0. The molecule has 2 aromatic carbocycles. The van der Waals surface area contributed by atoms with E-state index in [4.69, 9.17) is 9.73 Å². The van der Waals surface area contributed by atoms with E-state index in [0.717, 1.165) is 29.2 Å². The number of rotatable bonds is 10. The Morgan fingerprint density at radius 3 is 2.21 bits per heavy atom. The molecule has 2 aromatic rings. The van der Waals surface area contributed by atoms with E-state index in [1.165, 1.54) is 24.0 Å². The second-order valence-electron chi connectivity index (χ2n) is 9.06. The van der Waals surface area contributed by atoms with Crippen LogP contribution in [0.3, 0.4) is 0 Å². The Kier molecular flexibility index (Phi) is 8.95. The van der Waals surface area contributed by atoms with Gasteiger partial charge in [-0.15, -0.1) is 0 Å². The molecule has 0 aliphatic rings. The maximum atomic E-state index is 6.53. The molecule has 0 saturated carbocycles. The fraction of sp³-hybridized carbons (Fsp3) is 0.519. The minimum atomic E-state index is 0.134. The summed E-state index contributed by atoms with van der Waals surface area (Å²) in [5.41, 5.74) is 4.62. The molecule has 0 N–H and O–H groups in total. The van der Waals surface area contributed by atoms with Gasteiger partial charge in [0, 0.05) is 23.4 Å². The van der Waals surface area contributed by atoms with Crippen molar-refractivity contribution in [2.45, 2.75) is 79.9 Å². The van der Waals surface area contributed by atoms with Crippen LogP contribution in [-0.2, 0) is 0 Å². The molecule has 0 spiro atoms. The summed E-state index contributed by atoms with van der Waals surface area (Å²) < 4.78 is 6.53. The number of aliphatic imine (C=N–C) groups is 1. The molecular formula is C27H39NO. The van der Waals surface area contributed by atoms with E-state index in [1.807, 2.05) is 6.21 Å². The van der Waals surface area contributed by atoms with Crippen LogP contribution in [0.5, 0.6) is 5.75 Å². The maximum Gasteiger partial charge on any atom is 0.136 e. The Hall–Kier alpha value is -2.09. The highest BCUT2D eigenvalue weighted by Crippen LogP contribution is 2.36. The molecule has 0 bridgehead atoms. The Bertz CT molecular complexity index is 777. The van der Waals surface area contributed by atoms with Crippen molar-refractivity contribution < 1.29 is 4.74 Å². The zero-order chi connectivity index (χ0) is 21.4. The van der Waals surface area contributed by atoms with Gasteiger partial charge >= 0.3 is 0 Å². The summed E-state index contributed by atoms with van der Waals surface area (Å²) in [5.74, 6) is 2.16. The highest BCUT2D eigenvalue weighted by Gasteiger charge is 2.18. The van der Waals surface area contributed by atoms with Crippen LogP contribution in [0.1, 0.15) is 71.9 Å². The smallest absolute Gasteiger partial charge is 0.136 e. The highest BCUT2D eigenvalue weighted by atomic mass is 16.5. The fourth-order valence-corrected chi connectivity index (χ4v) is 3.25. The van der Waals surface area contributed by atoms with Gasteiger partial charge < -0.3 is 4.74 Å². The number of aryl methyl sites for hydroxylation is 1. The average molecular weight is 394 g/mol. The molecule has 0 amide bonds. The molecule has 2 heteroatoms. The van der Waals surface area contributed by atoms with Crippen molar-refractivity contribution in [3.8, 4) is 16.9 Å². The van der Waals surface area contributed by atoms with Crippen LogP contribution < -0.4 is 4.74 Å². The molecule has 2 rings (SSSR count). The van der Waals surface area contributed by atoms with Gasteiger partial charge in [0.05, 0.1) is 6.10 Å². The van der Waals surface area contributed by atoms with Crippen molar-refractivity contribution in [1.29, 1.82) is 0 Å². The van der Waals surface area contributed by atoms with Gasteiger partial charge in [-0.3, -0.25) is 4.99 Å². The molecular weight excluding hydrogens is 354 g/mol. The number of ether oxygens (including phenoxy) is 1. The lowest BCUT2D eigenvalue weighted by Crippen LogP contribution is -2.20. The number of nitrogens with zero attached hydrogens (tertiary/aromatic N) is 1. The quantitative estimate of drug-likeness (QED) is 0.379. The number of hydrogen-bond donors (Lipinski definition) is 0. The van der Waals surface area contributed by atoms with Crippen molar-refractivity contribution in [2.75, 3.05) is 0 Å². The van der Waals surface area contributed by atoms with Crippen LogP contribution in [0.2, 0.25) is 0 Å². The van der Waals surface area contributed by atoms with E-state index in [-0.39, 0.29) is 6.10 Å². The molecule has 0 aromatic heterocycles. The standard InChI is InChI=1S/C27H39NO/c1-19(2)12-11-13-22(6)28-18-26-21(5)16-17-25(24-14-9-8-10-15-24)27(26)29-23(7)20(3)4/h8-10,14-20,22-23H,11-13H2,1-7H3/b28-18+/t22?,23-/m1/s1. The van der Waals surface area contributed by atoms with Crippen LogP contribution in [0.25, 0.3) is 11.1 Å². The van der Waals surface area contributed by atoms with Gasteiger partial charge in [-0.1, -0.05) is 83.0 Å². The summed E-state index contributed by atoms with van der Waals surface area (Å²) in [4.78, 5) is 4.89. The van der Waals surface area contributed by atoms with Crippen LogP contribution in [0.4, 0.5) is 0 Å². The third-order valence-electron chi connectivity index (χ3n) is 5.60. The third-order valence-corrected chi connectivity index (χ3v) is 5.60. The fourth-order valence-electron chi connectivity index (χ4n) is 3.25. The molecule has 0 radical (unpaired) electrons. The summed E-state index contributed by atoms with van der Waals surface area (Å²) in [7, 11) is 0. The van der Waals surface area contributed by atoms with Crippen molar-refractivity contribution in [3.05, 3.63) is 53.6 Å². The van der Waals surface area contributed by atoms with E-state index >= 15 is 0 Å². The topological polar surface area (TPSA) is 21.6 Å². The SMILES string of the molecule is Cc1ccc(-c2ccccc2)c(O[C@H](C)C(C)C)c1/C=N/C(C)CCCC(C)C. The lowest BCUT2D eigenvalue weighted by Gasteiger charge is -2.23. The molecule has 29 heavy (non-hydrogen) atoms. The van der Waals surface area contributed by atoms with Gasteiger partial charge in [0.2, 0.25) is 0 Å². The Labute approximate surface area is 178 Å². The van der Waals surface area contributed by atoms with E-state index in [0.29, 0.717) is 12.0 Å². The summed E-state index contributed by atoms with van der Waals surface area (Å²) in [6.07, 6.45) is 5.81. The molecule has 2 atom stereocenters. The minimum absolute atomic E-state index is 0.134. The van der Waals surface area contributed by atoms with Gasteiger partial charge in [0.1, 0.15) is 5.75 Å². The zero-order valence-corrected chi connectivity index (χ0v) is 19.4. The monoisotopic (exact) mass is 393 g/mol. The molecule has 0 aliphatic carbocycles. The number of hydrogen-bond acceptors (Lipinski definition) is 2. The molecule has 0 heterocycles. The molecule has 2 nitrogen and oxygen atoms in total. The lowest BCUT2D eigenvalue weighted by atomic mass is 9.97. The van der Waals surface area contributed by atoms with Gasteiger partial charge in [0.25, 0.3) is 0 Å². The van der Waals surface area contributed by atoms with E-state index < -0.39 is 0 Å². The largest absolute Gasteiger partial charge is 0.489 e. The van der Waals surface area contributed by atoms with Crippen LogP contribution in [-0.4, -0.2) is 18.4 Å². The lowest BCUT2D eigenvalue weighted by molar-refractivity contribution is 0.171. The maximum absolute atomic E-state index is 6.53. The van der Waals surface area contributed by atoms with Gasteiger partial charge in [-0.2, -0.15) is 0 Å². The van der Waals surface area contributed by atoms with Gasteiger partial charge in [-0.25, -0.2) is 0 Å². The predicted octanol–water partition coefficient (Wildman–Crippen LogP) is 7.72. The average Bonchev–Trinajstić information content (AvgIpc) is 2.68.